The summed E-state index contributed by atoms with van der Waals surface area (Å²) in [5.41, 5.74) is 6.88. The average Bonchev–Trinajstić information content (AvgIpc) is 3.02. The van der Waals surface area contributed by atoms with Crippen LogP contribution < -0.4 is 5.43 Å². The number of nitrogens with zero attached hydrogens (tertiary/aromatic N) is 3. The molecule has 3 aromatic rings. The fourth-order valence-electron chi connectivity index (χ4n) is 3.02. The standard InChI is InChI=1S/C22H22N4O3/c1-4-29-22(28)17-8-7-9-19(13-17)26-15(2)12-18(16(26)3)14-24-25-21(27)20-10-5-6-11-23-20/h5-14H,4H2,1-3H3,(H,25,27)/b24-14+. The van der Waals surface area contributed by atoms with Crippen LogP contribution >= 0.6 is 0 Å². The normalized spacial score (nSPS) is 10.9. The molecule has 1 N–H and O–H groups in total. The number of nitrogens with one attached hydrogen (secondary N) is 1. The van der Waals surface area contributed by atoms with Gasteiger partial charge in [0.05, 0.1) is 18.4 Å². The zero-order valence-corrected chi connectivity index (χ0v) is 16.5. The van der Waals surface area contributed by atoms with Crippen LogP contribution in [0.5, 0.6) is 0 Å². The van der Waals surface area contributed by atoms with Crippen LogP contribution in [0.4, 0.5) is 0 Å². The maximum absolute atomic E-state index is 12.0. The molecule has 0 aliphatic carbocycles. The highest BCUT2D eigenvalue weighted by Crippen LogP contribution is 2.21. The third-order valence-electron chi connectivity index (χ3n) is 4.35. The summed E-state index contributed by atoms with van der Waals surface area (Å²) in [6.07, 6.45) is 3.14. The fourth-order valence-corrected chi connectivity index (χ4v) is 3.02. The predicted octanol–water partition coefficient (Wildman–Crippen LogP) is 3.43. The molecule has 0 unspecified atom stereocenters. The number of hydrogen-bond acceptors (Lipinski definition) is 5. The van der Waals surface area contributed by atoms with E-state index in [-0.39, 0.29) is 11.9 Å². The van der Waals surface area contributed by atoms with Gasteiger partial charge in [0.25, 0.3) is 5.91 Å². The molecule has 1 aromatic carbocycles. The Morgan fingerprint density at radius 2 is 2.00 bits per heavy atom. The quantitative estimate of drug-likeness (QED) is 0.397. The topological polar surface area (TPSA) is 85.6 Å². The van der Waals surface area contributed by atoms with Crippen LogP contribution in [-0.4, -0.2) is 34.2 Å². The van der Waals surface area contributed by atoms with Crippen molar-refractivity contribution in [3.8, 4) is 5.69 Å². The molecule has 148 valence electrons. The van der Waals surface area contributed by atoms with E-state index in [1.165, 1.54) is 0 Å². The number of aromatic nitrogens is 2. The maximum atomic E-state index is 12.0. The second kappa shape index (κ2) is 8.97. The molecule has 7 nitrogen and oxygen atoms in total. The van der Waals surface area contributed by atoms with Crippen molar-refractivity contribution in [2.24, 2.45) is 5.10 Å². The van der Waals surface area contributed by atoms with Gasteiger partial charge in [0.2, 0.25) is 0 Å². The molecule has 0 saturated carbocycles. The monoisotopic (exact) mass is 390 g/mol. The Balaban J connectivity index is 1.81. The first-order valence-electron chi connectivity index (χ1n) is 9.22. The molecule has 0 aliphatic heterocycles. The number of amides is 1. The van der Waals surface area contributed by atoms with Gasteiger partial charge in [-0.3, -0.25) is 9.78 Å². The lowest BCUT2D eigenvalue weighted by atomic mass is 10.2. The van der Waals surface area contributed by atoms with E-state index < -0.39 is 0 Å². The maximum Gasteiger partial charge on any atom is 0.338 e. The van der Waals surface area contributed by atoms with E-state index in [9.17, 15) is 9.59 Å². The SMILES string of the molecule is CCOC(=O)c1cccc(-n2c(C)cc(/C=N/NC(=O)c3ccccn3)c2C)c1. The molecule has 0 fully saturated rings. The van der Waals surface area contributed by atoms with Crippen LogP contribution in [0.3, 0.4) is 0 Å². The van der Waals surface area contributed by atoms with Gasteiger partial charge in [-0.1, -0.05) is 12.1 Å². The second-order valence-corrected chi connectivity index (χ2v) is 6.35. The molecule has 7 heteroatoms. The van der Waals surface area contributed by atoms with E-state index >= 15 is 0 Å². The predicted molar refractivity (Wildman–Crippen MR) is 110 cm³/mol. The Morgan fingerprint density at radius 3 is 2.72 bits per heavy atom. The summed E-state index contributed by atoms with van der Waals surface area (Å²) in [6.45, 7) is 6.02. The molecule has 2 heterocycles. The third-order valence-corrected chi connectivity index (χ3v) is 4.35. The number of rotatable bonds is 6. The molecule has 1 amide bonds. The van der Waals surface area contributed by atoms with E-state index in [1.807, 2.05) is 36.6 Å². The Bertz CT molecular complexity index is 1060. The zero-order chi connectivity index (χ0) is 20.8. The van der Waals surface area contributed by atoms with Gasteiger partial charge in [0.1, 0.15) is 5.69 Å². The number of carbonyl (C=O) groups excluding carboxylic acids is 2. The molecule has 0 bridgehead atoms. The Hall–Kier alpha value is -3.74. The summed E-state index contributed by atoms with van der Waals surface area (Å²) in [7, 11) is 0. The van der Waals surface area contributed by atoms with Gasteiger partial charge in [-0.2, -0.15) is 5.10 Å². The van der Waals surface area contributed by atoms with Crippen LogP contribution in [0.2, 0.25) is 0 Å². The van der Waals surface area contributed by atoms with Crippen molar-refractivity contribution < 1.29 is 14.3 Å². The molecule has 0 aliphatic rings. The molecular formula is C22H22N4O3. The minimum atomic E-state index is -0.377. The Morgan fingerprint density at radius 1 is 1.17 bits per heavy atom. The summed E-state index contributed by atoms with van der Waals surface area (Å²) in [6, 6.07) is 14.3. The van der Waals surface area contributed by atoms with Gasteiger partial charge in [-0.25, -0.2) is 10.2 Å². The number of hydrogen-bond donors (Lipinski definition) is 1. The number of carbonyl (C=O) groups is 2. The van der Waals surface area contributed by atoms with Crippen LogP contribution in [0, 0.1) is 13.8 Å². The van der Waals surface area contributed by atoms with Crippen molar-refractivity contribution in [2.45, 2.75) is 20.8 Å². The van der Waals surface area contributed by atoms with Gasteiger partial charge in [0.15, 0.2) is 0 Å². The summed E-state index contributed by atoms with van der Waals surface area (Å²) in [5, 5.41) is 4.04. The van der Waals surface area contributed by atoms with Crippen molar-refractivity contribution >= 4 is 18.1 Å². The fraction of sp³-hybridized carbons (Fsp3) is 0.182. The number of hydrazone groups is 1. The lowest BCUT2D eigenvalue weighted by molar-refractivity contribution is 0.0526. The number of benzene rings is 1. The van der Waals surface area contributed by atoms with E-state index in [2.05, 4.69) is 15.5 Å². The minimum Gasteiger partial charge on any atom is -0.462 e. The smallest absolute Gasteiger partial charge is 0.338 e. The Labute approximate surface area is 169 Å². The van der Waals surface area contributed by atoms with Crippen molar-refractivity contribution in [3.05, 3.63) is 82.9 Å². The number of aryl methyl sites for hydroxylation is 1. The largest absolute Gasteiger partial charge is 0.462 e. The lowest BCUT2D eigenvalue weighted by Gasteiger charge is -2.11. The minimum absolute atomic E-state index is 0.297. The van der Waals surface area contributed by atoms with Gasteiger partial charge in [-0.15, -0.1) is 0 Å². The van der Waals surface area contributed by atoms with Crippen LogP contribution in [0.15, 0.2) is 59.8 Å². The first-order valence-corrected chi connectivity index (χ1v) is 9.22. The summed E-state index contributed by atoms with van der Waals surface area (Å²) in [4.78, 5) is 28.0. The van der Waals surface area contributed by atoms with Crippen molar-refractivity contribution in [1.29, 1.82) is 0 Å². The van der Waals surface area contributed by atoms with Crippen molar-refractivity contribution in [1.82, 2.24) is 15.0 Å². The highest BCUT2D eigenvalue weighted by molar-refractivity contribution is 5.93. The second-order valence-electron chi connectivity index (χ2n) is 6.35. The van der Waals surface area contributed by atoms with Crippen LogP contribution in [0.25, 0.3) is 5.69 Å². The highest BCUT2D eigenvalue weighted by atomic mass is 16.5. The number of ether oxygens (including phenoxy) is 1. The molecule has 0 spiro atoms. The number of esters is 1. The highest BCUT2D eigenvalue weighted by Gasteiger charge is 2.13. The first kappa shape index (κ1) is 20.0. The van der Waals surface area contributed by atoms with Crippen LogP contribution in [-0.2, 0) is 4.74 Å². The van der Waals surface area contributed by atoms with Gasteiger partial charge in [-0.05, 0) is 57.2 Å². The average molecular weight is 390 g/mol. The van der Waals surface area contributed by atoms with E-state index in [1.54, 1.807) is 49.7 Å². The van der Waals surface area contributed by atoms with Crippen molar-refractivity contribution in [2.75, 3.05) is 6.61 Å². The molecular weight excluding hydrogens is 368 g/mol. The lowest BCUT2D eigenvalue weighted by Crippen LogP contribution is -2.18. The molecule has 0 atom stereocenters. The summed E-state index contributed by atoms with van der Waals surface area (Å²) < 4.78 is 7.10. The van der Waals surface area contributed by atoms with E-state index in [4.69, 9.17) is 4.74 Å². The number of pyridine rings is 1. The first-order chi connectivity index (χ1) is 14.0. The van der Waals surface area contributed by atoms with E-state index in [0.29, 0.717) is 17.9 Å². The van der Waals surface area contributed by atoms with Gasteiger partial charge < -0.3 is 9.30 Å². The van der Waals surface area contributed by atoms with Gasteiger partial charge in [0, 0.05) is 28.8 Å². The zero-order valence-electron chi connectivity index (χ0n) is 16.5. The summed E-state index contributed by atoms with van der Waals surface area (Å²) >= 11 is 0. The molecule has 0 radical (unpaired) electrons. The van der Waals surface area contributed by atoms with Gasteiger partial charge >= 0.3 is 5.97 Å². The molecule has 0 saturated heterocycles. The van der Waals surface area contributed by atoms with Crippen molar-refractivity contribution in [3.63, 3.8) is 0 Å². The molecule has 3 rings (SSSR count). The summed E-state index contributed by atoms with van der Waals surface area (Å²) in [5.74, 6) is -0.728. The third kappa shape index (κ3) is 4.57. The van der Waals surface area contributed by atoms with Crippen LogP contribution in [0.1, 0.15) is 44.7 Å². The molecule has 2 aromatic heterocycles. The van der Waals surface area contributed by atoms with E-state index in [0.717, 1.165) is 22.6 Å². The Kier molecular flexibility index (Phi) is 6.19. The molecule has 29 heavy (non-hydrogen) atoms.